The summed E-state index contributed by atoms with van der Waals surface area (Å²) in [5, 5.41) is 10.5. The first-order chi connectivity index (χ1) is 10.9. The van der Waals surface area contributed by atoms with E-state index in [1.165, 1.54) is 17.8 Å². The van der Waals surface area contributed by atoms with E-state index in [1.807, 2.05) is 0 Å². The number of aryl methyl sites for hydroxylation is 1. The maximum Gasteiger partial charge on any atom is 0.330 e. The van der Waals surface area contributed by atoms with Crippen LogP contribution < -0.4 is 11.2 Å². The van der Waals surface area contributed by atoms with Gasteiger partial charge in [0.15, 0.2) is 0 Å². The molecule has 1 amide bonds. The average Bonchev–Trinajstić information content (AvgIpc) is 2.56. The van der Waals surface area contributed by atoms with Crippen LogP contribution in [0.2, 0.25) is 0 Å². The zero-order valence-electron chi connectivity index (χ0n) is 13.4. The minimum atomic E-state index is -0.928. The van der Waals surface area contributed by atoms with Gasteiger partial charge in [0.25, 0.3) is 5.56 Å². The second kappa shape index (κ2) is 7.35. The summed E-state index contributed by atoms with van der Waals surface area (Å²) < 4.78 is 2.30. The van der Waals surface area contributed by atoms with Crippen molar-refractivity contribution < 1.29 is 9.90 Å². The Kier molecular flexibility index (Phi) is 5.69. The average molecular weight is 341 g/mol. The molecule has 23 heavy (non-hydrogen) atoms. The molecule has 1 aromatic heterocycles. The number of hydrogen-bond donors (Lipinski definition) is 2. The number of nitrogens with zero attached hydrogens (tertiary/aromatic N) is 3. The van der Waals surface area contributed by atoms with E-state index < -0.39 is 17.4 Å². The molecular weight excluding hydrogens is 318 g/mol. The second-order valence-corrected chi connectivity index (χ2v) is 6.43. The lowest BCUT2D eigenvalue weighted by molar-refractivity contribution is -0.132. The van der Waals surface area contributed by atoms with Gasteiger partial charge in [-0.3, -0.25) is 14.2 Å². The van der Waals surface area contributed by atoms with Gasteiger partial charge in [0, 0.05) is 39.8 Å². The Morgan fingerprint density at radius 3 is 2.52 bits per heavy atom. The van der Waals surface area contributed by atoms with Crippen molar-refractivity contribution in [2.75, 3.05) is 18.8 Å². The fourth-order valence-electron chi connectivity index (χ4n) is 3.01. The van der Waals surface area contributed by atoms with Crippen LogP contribution in [0.1, 0.15) is 30.9 Å². The van der Waals surface area contributed by atoms with Gasteiger partial charge < -0.3 is 14.6 Å². The van der Waals surface area contributed by atoms with Gasteiger partial charge in [-0.15, -0.1) is 0 Å². The molecule has 128 valence electrons. The molecule has 1 aromatic rings. The highest BCUT2D eigenvalue weighted by atomic mass is 32.1. The van der Waals surface area contributed by atoms with Crippen molar-refractivity contribution in [3.05, 3.63) is 32.6 Å². The predicted molar refractivity (Wildman–Crippen MR) is 89.7 cm³/mol. The molecule has 1 aliphatic heterocycles. The quantitative estimate of drug-likeness (QED) is 0.735. The molecule has 0 aromatic carbocycles. The van der Waals surface area contributed by atoms with Crippen LogP contribution in [0.5, 0.6) is 0 Å². The predicted octanol–water partition coefficient (Wildman–Crippen LogP) is -0.324. The first kappa shape index (κ1) is 17.8. The summed E-state index contributed by atoms with van der Waals surface area (Å²) in [5.41, 5.74) is -0.651. The van der Waals surface area contributed by atoms with Crippen LogP contribution in [-0.2, 0) is 18.9 Å². The van der Waals surface area contributed by atoms with E-state index >= 15 is 0 Å². The third-order valence-electron chi connectivity index (χ3n) is 4.46. The molecule has 0 bridgehead atoms. The first-order valence-corrected chi connectivity index (χ1v) is 8.33. The number of likely N-dealkylation sites (tertiary alicyclic amines) is 1. The summed E-state index contributed by atoms with van der Waals surface area (Å²) in [6.45, 7) is 1.14. The standard InChI is InChI=1S/C15H23N3O4S/c1-16-9-11(14(21)17(2)15(16)22)13(20)10-3-6-18(7-4-10)12(19)5-8-23/h9-10,13,20,23H,3-8H2,1-2H3. The number of carbonyl (C=O) groups is 1. The van der Waals surface area contributed by atoms with Crippen LogP contribution in [0, 0.1) is 5.92 Å². The zero-order chi connectivity index (χ0) is 17.1. The van der Waals surface area contributed by atoms with Gasteiger partial charge in [0.2, 0.25) is 5.91 Å². The molecule has 7 nitrogen and oxygen atoms in total. The molecule has 1 atom stereocenters. The van der Waals surface area contributed by atoms with Crippen LogP contribution in [-0.4, -0.2) is 43.9 Å². The third-order valence-corrected chi connectivity index (χ3v) is 4.68. The molecule has 8 heteroatoms. The van der Waals surface area contributed by atoms with Crippen molar-refractivity contribution in [1.82, 2.24) is 14.0 Å². The molecule has 1 aliphatic rings. The van der Waals surface area contributed by atoms with Crippen molar-refractivity contribution in [2.45, 2.75) is 25.4 Å². The van der Waals surface area contributed by atoms with E-state index in [1.54, 1.807) is 11.9 Å². The lowest BCUT2D eigenvalue weighted by Crippen LogP contribution is -2.42. The number of hydrogen-bond acceptors (Lipinski definition) is 5. The Labute approximate surface area is 139 Å². The van der Waals surface area contributed by atoms with Crippen molar-refractivity contribution in [1.29, 1.82) is 0 Å². The summed E-state index contributed by atoms with van der Waals surface area (Å²) >= 11 is 4.06. The van der Waals surface area contributed by atoms with E-state index in [4.69, 9.17) is 0 Å². The molecule has 2 rings (SSSR count). The van der Waals surface area contributed by atoms with E-state index in [-0.39, 0.29) is 17.4 Å². The molecule has 1 unspecified atom stereocenters. The maximum absolute atomic E-state index is 12.2. The molecule has 0 spiro atoms. The van der Waals surface area contributed by atoms with Crippen molar-refractivity contribution in [3.8, 4) is 0 Å². The monoisotopic (exact) mass is 341 g/mol. The summed E-state index contributed by atoms with van der Waals surface area (Å²) in [6.07, 6.45) is 2.16. The van der Waals surface area contributed by atoms with Crippen molar-refractivity contribution in [2.24, 2.45) is 20.0 Å². The molecule has 1 fully saturated rings. The van der Waals surface area contributed by atoms with Crippen molar-refractivity contribution in [3.63, 3.8) is 0 Å². The number of piperidine rings is 1. The molecular formula is C15H23N3O4S. The van der Waals surface area contributed by atoms with Crippen LogP contribution >= 0.6 is 12.6 Å². The second-order valence-electron chi connectivity index (χ2n) is 5.98. The Morgan fingerprint density at radius 2 is 1.96 bits per heavy atom. The molecule has 2 heterocycles. The van der Waals surface area contributed by atoms with E-state index in [9.17, 15) is 19.5 Å². The topological polar surface area (TPSA) is 84.5 Å². The summed E-state index contributed by atoms with van der Waals surface area (Å²) in [6, 6.07) is 0. The molecule has 0 radical (unpaired) electrons. The molecule has 1 saturated heterocycles. The van der Waals surface area contributed by atoms with Gasteiger partial charge in [-0.25, -0.2) is 4.79 Å². The Hall–Kier alpha value is -1.54. The lowest BCUT2D eigenvalue weighted by atomic mass is 9.88. The van der Waals surface area contributed by atoms with Gasteiger partial charge in [-0.2, -0.15) is 12.6 Å². The number of thiol groups is 1. The number of aromatic nitrogens is 2. The third kappa shape index (κ3) is 3.69. The fourth-order valence-corrected chi connectivity index (χ4v) is 3.20. The minimum absolute atomic E-state index is 0.0750. The van der Waals surface area contributed by atoms with E-state index in [0.29, 0.717) is 38.1 Å². The summed E-state index contributed by atoms with van der Waals surface area (Å²) in [7, 11) is 2.95. The maximum atomic E-state index is 12.2. The minimum Gasteiger partial charge on any atom is -0.388 e. The zero-order valence-corrected chi connectivity index (χ0v) is 14.3. The number of amides is 1. The summed E-state index contributed by atoms with van der Waals surface area (Å²) in [5.74, 6) is 0.501. The molecule has 0 saturated carbocycles. The largest absolute Gasteiger partial charge is 0.388 e. The first-order valence-electron chi connectivity index (χ1n) is 7.70. The van der Waals surface area contributed by atoms with Gasteiger partial charge >= 0.3 is 5.69 Å². The highest BCUT2D eigenvalue weighted by Crippen LogP contribution is 2.29. The van der Waals surface area contributed by atoms with Gasteiger partial charge in [0.1, 0.15) is 0 Å². The lowest BCUT2D eigenvalue weighted by Gasteiger charge is -2.34. The number of carbonyl (C=O) groups excluding carboxylic acids is 1. The SMILES string of the molecule is Cn1cc(C(O)C2CCN(C(=O)CCS)CC2)c(=O)n(C)c1=O. The van der Waals surface area contributed by atoms with Crippen LogP contribution in [0.15, 0.2) is 15.8 Å². The van der Waals surface area contributed by atoms with E-state index in [2.05, 4.69) is 12.6 Å². The van der Waals surface area contributed by atoms with Crippen LogP contribution in [0.4, 0.5) is 0 Å². The number of aliphatic hydroxyl groups excluding tert-OH is 1. The molecule has 1 N–H and O–H groups in total. The number of rotatable bonds is 4. The van der Waals surface area contributed by atoms with Gasteiger partial charge in [-0.1, -0.05) is 0 Å². The van der Waals surface area contributed by atoms with Crippen LogP contribution in [0.3, 0.4) is 0 Å². The van der Waals surface area contributed by atoms with Gasteiger partial charge in [0.05, 0.1) is 11.7 Å². The Balaban J connectivity index is 2.12. The fraction of sp³-hybridized carbons (Fsp3) is 0.667. The Morgan fingerprint density at radius 1 is 1.35 bits per heavy atom. The number of aliphatic hydroxyl groups is 1. The Bertz CT molecular complexity index is 689. The smallest absolute Gasteiger partial charge is 0.330 e. The molecule has 0 aliphatic carbocycles. The van der Waals surface area contributed by atoms with E-state index in [0.717, 1.165) is 4.57 Å². The van der Waals surface area contributed by atoms with Crippen molar-refractivity contribution >= 4 is 18.5 Å². The normalized spacial score (nSPS) is 17.3. The van der Waals surface area contributed by atoms with Gasteiger partial charge in [-0.05, 0) is 24.5 Å². The van der Waals surface area contributed by atoms with Crippen LogP contribution in [0.25, 0.3) is 0 Å². The summed E-state index contributed by atoms with van der Waals surface area (Å²) in [4.78, 5) is 37.5. The highest BCUT2D eigenvalue weighted by molar-refractivity contribution is 7.80. The highest BCUT2D eigenvalue weighted by Gasteiger charge is 2.30.